The summed E-state index contributed by atoms with van der Waals surface area (Å²) in [4.78, 5) is 26.4. The molecule has 2 heterocycles. The van der Waals surface area contributed by atoms with Crippen LogP contribution in [-0.4, -0.2) is 40.2 Å². The van der Waals surface area contributed by atoms with Gasteiger partial charge in [-0.25, -0.2) is 0 Å². The fourth-order valence-corrected chi connectivity index (χ4v) is 3.02. The lowest BCUT2D eigenvalue weighted by Crippen LogP contribution is -2.52. The number of fused-ring (bicyclic) bond motifs is 1. The van der Waals surface area contributed by atoms with E-state index >= 15 is 0 Å². The highest BCUT2D eigenvalue weighted by atomic mass is 16.2. The van der Waals surface area contributed by atoms with Gasteiger partial charge < -0.3 is 10.6 Å². The predicted octanol–water partition coefficient (Wildman–Crippen LogP) is 1.80. The molecule has 2 amide bonds. The summed E-state index contributed by atoms with van der Waals surface area (Å²) in [6.45, 7) is 5.92. The van der Waals surface area contributed by atoms with Gasteiger partial charge in [-0.2, -0.15) is 5.10 Å². The highest BCUT2D eigenvalue weighted by Crippen LogP contribution is 2.29. The van der Waals surface area contributed by atoms with E-state index in [1.165, 1.54) is 4.90 Å². The van der Waals surface area contributed by atoms with Gasteiger partial charge >= 0.3 is 0 Å². The zero-order chi connectivity index (χ0) is 18.0. The third-order valence-corrected chi connectivity index (χ3v) is 4.59. The van der Waals surface area contributed by atoms with Gasteiger partial charge in [0.25, 0.3) is 0 Å². The van der Waals surface area contributed by atoms with E-state index in [0.29, 0.717) is 5.69 Å². The largest absolute Gasteiger partial charge is 0.323 e. The second kappa shape index (κ2) is 7.06. The number of hydrogen-bond acceptors (Lipinski definition) is 4. The first-order chi connectivity index (χ1) is 12.0. The molecule has 2 aromatic rings. The van der Waals surface area contributed by atoms with Crippen molar-refractivity contribution in [3.05, 3.63) is 42.7 Å². The van der Waals surface area contributed by atoms with Crippen molar-refractivity contribution in [3.63, 3.8) is 0 Å². The van der Waals surface area contributed by atoms with E-state index in [-0.39, 0.29) is 30.4 Å². The number of nitrogens with one attached hydrogen (secondary N) is 2. The summed E-state index contributed by atoms with van der Waals surface area (Å²) in [6.07, 6.45) is 3.64. The minimum atomic E-state index is -0.424. The number of carbonyl (C=O) groups is 2. The number of anilines is 2. The van der Waals surface area contributed by atoms with Crippen molar-refractivity contribution in [2.75, 3.05) is 16.8 Å². The summed E-state index contributed by atoms with van der Waals surface area (Å²) in [5.41, 5.74) is 1.39. The van der Waals surface area contributed by atoms with Crippen LogP contribution < -0.4 is 15.5 Å². The smallest absolute Gasteiger partial charge is 0.244 e. The number of carbonyl (C=O) groups excluding carboxylic acids is 2. The highest BCUT2D eigenvalue weighted by molar-refractivity contribution is 6.11. The third kappa shape index (κ3) is 3.56. The maximum atomic E-state index is 12.9. The predicted molar refractivity (Wildman–Crippen MR) is 96.4 cm³/mol. The molecule has 0 saturated carbocycles. The molecular formula is C18H23N5O2. The van der Waals surface area contributed by atoms with Crippen LogP contribution in [0, 0.1) is 0 Å². The third-order valence-electron chi connectivity index (χ3n) is 4.59. The first-order valence-corrected chi connectivity index (χ1v) is 8.43. The maximum absolute atomic E-state index is 12.9. The van der Waals surface area contributed by atoms with Crippen LogP contribution in [0.25, 0.3) is 0 Å². The maximum Gasteiger partial charge on any atom is 0.244 e. The molecule has 1 aromatic heterocycles. The van der Waals surface area contributed by atoms with Crippen molar-refractivity contribution >= 4 is 23.2 Å². The minimum absolute atomic E-state index is 0.0327. The number of amides is 2. The van der Waals surface area contributed by atoms with Gasteiger partial charge in [-0.15, -0.1) is 0 Å². The molecule has 0 spiro atoms. The van der Waals surface area contributed by atoms with Gasteiger partial charge in [-0.1, -0.05) is 12.1 Å². The number of rotatable bonds is 5. The Bertz CT molecular complexity index is 759. The van der Waals surface area contributed by atoms with Crippen molar-refractivity contribution < 1.29 is 9.59 Å². The fourth-order valence-electron chi connectivity index (χ4n) is 3.02. The second-order valence-corrected chi connectivity index (χ2v) is 6.39. The Morgan fingerprint density at radius 1 is 1.24 bits per heavy atom. The fraction of sp³-hybridized carbons (Fsp3) is 0.389. The summed E-state index contributed by atoms with van der Waals surface area (Å²) >= 11 is 0. The molecule has 0 saturated heterocycles. The number of para-hydroxylation sites is 2. The van der Waals surface area contributed by atoms with Gasteiger partial charge in [0.05, 0.1) is 23.5 Å². The van der Waals surface area contributed by atoms with E-state index in [1.54, 1.807) is 12.3 Å². The lowest BCUT2D eigenvalue weighted by atomic mass is 10.1. The van der Waals surface area contributed by atoms with E-state index < -0.39 is 6.04 Å². The van der Waals surface area contributed by atoms with Crippen molar-refractivity contribution in [3.8, 4) is 0 Å². The Labute approximate surface area is 147 Å². The van der Waals surface area contributed by atoms with Gasteiger partial charge in [-0.05, 0) is 39.0 Å². The molecule has 3 atom stereocenters. The molecule has 0 radical (unpaired) electrons. The molecule has 7 heteroatoms. The van der Waals surface area contributed by atoms with Crippen LogP contribution in [0.2, 0.25) is 0 Å². The molecule has 1 aliphatic rings. The van der Waals surface area contributed by atoms with Gasteiger partial charge in [0.2, 0.25) is 11.8 Å². The zero-order valence-electron chi connectivity index (χ0n) is 14.6. The topological polar surface area (TPSA) is 79.3 Å². The SMILES string of the molecule is CC(NC(C)C(C)n1cccn1)C(=O)N1CC(=O)Nc2ccccc21. The van der Waals surface area contributed by atoms with Gasteiger partial charge in [0, 0.05) is 18.4 Å². The summed E-state index contributed by atoms with van der Waals surface area (Å²) in [6, 6.07) is 8.92. The zero-order valence-corrected chi connectivity index (χ0v) is 14.6. The summed E-state index contributed by atoms with van der Waals surface area (Å²) in [7, 11) is 0. The van der Waals surface area contributed by atoms with Crippen LogP contribution in [0.4, 0.5) is 11.4 Å². The molecule has 1 aliphatic heterocycles. The quantitative estimate of drug-likeness (QED) is 0.869. The Morgan fingerprint density at radius 3 is 2.72 bits per heavy atom. The normalized spacial score (nSPS) is 17.4. The lowest BCUT2D eigenvalue weighted by molar-refractivity contribution is -0.123. The molecule has 3 rings (SSSR count). The number of benzene rings is 1. The molecular weight excluding hydrogens is 318 g/mol. The van der Waals surface area contributed by atoms with Crippen LogP contribution in [0.3, 0.4) is 0 Å². The molecule has 1 aromatic carbocycles. The summed E-state index contributed by atoms with van der Waals surface area (Å²) in [5.74, 6) is -0.306. The van der Waals surface area contributed by atoms with E-state index in [9.17, 15) is 9.59 Å². The molecule has 3 unspecified atom stereocenters. The average Bonchev–Trinajstić information content (AvgIpc) is 3.14. The molecule has 2 N–H and O–H groups in total. The first-order valence-electron chi connectivity index (χ1n) is 8.43. The van der Waals surface area contributed by atoms with Crippen molar-refractivity contribution in [1.29, 1.82) is 0 Å². The van der Waals surface area contributed by atoms with E-state index in [2.05, 4.69) is 15.7 Å². The number of nitrogens with zero attached hydrogens (tertiary/aromatic N) is 3. The molecule has 25 heavy (non-hydrogen) atoms. The summed E-state index contributed by atoms with van der Waals surface area (Å²) in [5, 5.41) is 10.4. The Balaban J connectivity index is 1.71. The molecule has 132 valence electrons. The van der Waals surface area contributed by atoms with Crippen LogP contribution in [0.1, 0.15) is 26.8 Å². The van der Waals surface area contributed by atoms with E-state index in [1.807, 2.05) is 55.9 Å². The van der Waals surface area contributed by atoms with Crippen LogP contribution in [0.5, 0.6) is 0 Å². The number of aromatic nitrogens is 2. The molecule has 0 fully saturated rings. The Kier molecular flexibility index (Phi) is 4.85. The van der Waals surface area contributed by atoms with Gasteiger partial charge in [-0.3, -0.25) is 19.2 Å². The highest BCUT2D eigenvalue weighted by Gasteiger charge is 2.30. The van der Waals surface area contributed by atoms with Crippen LogP contribution in [-0.2, 0) is 9.59 Å². The first kappa shape index (κ1) is 17.2. The minimum Gasteiger partial charge on any atom is -0.323 e. The van der Waals surface area contributed by atoms with Crippen LogP contribution >= 0.6 is 0 Å². The molecule has 0 aliphatic carbocycles. The van der Waals surface area contributed by atoms with Crippen LogP contribution in [0.15, 0.2) is 42.7 Å². The van der Waals surface area contributed by atoms with E-state index in [4.69, 9.17) is 0 Å². The lowest BCUT2D eigenvalue weighted by Gasteiger charge is -2.33. The van der Waals surface area contributed by atoms with Gasteiger partial charge in [0.1, 0.15) is 6.54 Å². The second-order valence-electron chi connectivity index (χ2n) is 6.39. The monoisotopic (exact) mass is 341 g/mol. The van der Waals surface area contributed by atoms with Crippen molar-refractivity contribution in [2.45, 2.75) is 38.9 Å². The summed E-state index contributed by atoms with van der Waals surface area (Å²) < 4.78 is 1.86. The molecule has 7 nitrogen and oxygen atoms in total. The molecule has 0 bridgehead atoms. The Hall–Kier alpha value is -2.67. The average molecular weight is 341 g/mol. The number of hydrogen-bond donors (Lipinski definition) is 2. The van der Waals surface area contributed by atoms with Gasteiger partial charge in [0.15, 0.2) is 0 Å². The standard InChI is InChI=1S/C18H23N5O2/c1-12(14(3)23-10-6-9-19-23)20-13(2)18(25)22-11-17(24)21-15-7-4-5-8-16(15)22/h4-10,12-14,20H,11H2,1-3H3,(H,21,24). The van der Waals surface area contributed by atoms with Crippen molar-refractivity contribution in [1.82, 2.24) is 15.1 Å². The van der Waals surface area contributed by atoms with Crippen molar-refractivity contribution in [2.24, 2.45) is 0 Å². The van der Waals surface area contributed by atoms with E-state index in [0.717, 1.165) is 5.69 Å². The Morgan fingerprint density at radius 2 is 2.00 bits per heavy atom.